The quantitative estimate of drug-likeness (QED) is 0.719. The minimum Gasteiger partial charge on any atom is -0.367 e. The van der Waals surface area contributed by atoms with E-state index in [4.69, 9.17) is 33.5 Å². The molecule has 21 heavy (non-hydrogen) atoms. The summed E-state index contributed by atoms with van der Waals surface area (Å²) < 4.78 is 19.0. The highest BCUT2D eigenvalue weighted by Gasteiger charge is 2.23. The highest BCUT2D eigenvalue weighted by molar-refractivity contribution is 6.39. The number of rotatable bonds is 2. The summed E-state index contributed by atoms with van der Waals surface area (Å²) in [5, 5.41) is 4.62. The van der Waals surface area contributed by atoms with Crippen molar-refractivity contribution in [2.75, 3.05) is 5.73 Å². The molecule has 0 saturated carbocycles. The Morgan fingerprint density at radius 1 is 0.952 bits per heavy atom. The smallest absolute Gasteiger partial charge is 0.230 e. The molecule has 0 unspecified atom stereocenters. The van der Waals surface area contributed by atoms with E-state index in [2.05, 4.69) is 5.16 Å². The number of aromatic nitrogens is 1. The van der Waals surface area contributed by atoms with Gasteiger partial charge in [-0.3, -0.25) is 0 Å². The molecule has 0 spiro atoms. The molecule has 0 radical (unpaired) electrons. The minimum atomic E-state index is -0.435. The summed E-state index contributed by atoms with van der Waals surface area (Å²) in [5.74, 6) is -0.404. The van der Waals surface area contributed by atoms with Gasteiger partial charge in [-0.05, 0) is 24.3 Å². The van der Waals surface area contributed by atoms with Gasteiger partial charge in [0.1, 0.15) is 11.5 Å². The van der Waals surface area contributed by atoms with Crippen molar-refractivity contribution in [1.29, 1.82) is 0 Å². The van der Waals surface area contributed by atoms with Crippen LogP contribution in [0.4, 0.5) is 10.3 Å². The van der Waals surface area contributed by atoms with E-state index in [0.717, 1.165) is 0 Å². The molecule has 3 rings (SSSR count). The molecule has 0 fully saturated rings. The van der Waals surface area contributed by atoms with Crippen molar-refractivity contribution >= 4 is 29.1 Å². The highest BCUT2D eigenvalue weighted by Crippen LogP contribution is 2.43. The van der Waals surface area contributed by atoms with Crippen molar-refractivity contribution < 1.29 is 8.91 Å². The molecule has 1 heterocycles. The summed E-state index contributed by atoms with van der Waals surface area (Å²) in [5.41, 5.74) is 7.22. The second-order valence-corrected chi connectivity index (χ2v) is 5.16. The second kappa shape index (κ2) is 5.39. The zero-order valence-electron chi connectivity index (χ0n) is 10.6. The molecule has 0 aliphatic carbocycles. The van der Waals surface area contributed by atoms with Gasteiger partial charge in [0, 0.05) is 11.1 Å². The number of anilines is 1. The maximum atomic E-state index is 14.0. The third-order valence-electron chi connectivity index (χ3n) is 3.06. The summed E-state index contributed by atoms with van der Waals surface area (Å²) in [6, 6.07) is 11.2. The third-order valence-corrected chi connectivity index (χ3v) is 3.69. The Hall–Kier alpha value is -2.04. The maximum Gasteiger partial charge on any atom is 0.230 e. The van der Waals surface area contributed by atoms with Gasteiger partial charge in [-0.15, -0.1) is 0 Å². The van der Waals surface area contributed by atoms with E-state index >= 15 is 0 Å². The zero-order chi connectivity index (χ0) is 15.0. The van der Waals surface area contributed by atoms with Crippen molar-refractivity contribution in [2.24, 2.45) is 0 Å². The second-order valence-electron chi connectivity index (χ2n) is 4.35. The minimum absolute atomic E-state index is 0.0308. The fraction of sp³-hybridized carbons (Fsp3) is 0. The van der Waals surface area contributed by atoms with E-state index in [0.29, 0.717) is 21.2 Å². The summed E-state index contributed by atoms with van der Waals surface area (Å²) in [7, 11) is 0. The van der Waals surface area contributed by atoms with Crippen LogP contribution >= 0.6 is 23.2 Å². The van der Waals surface area contributed by atoms with Gasteiger partial charge >= 0.3 is 0 Å². The molecule has 0 saturated heterocycles. The van der Waals surface area contributed by atoms with Crippen LogP contribution < -0.4 is 5.73 Å². The average Bonchev–Trinajstić information content (AvgIpc) is 2.81. The monoisotopic (exact) mass is 322 g/mol. The number of benzene rings is 2. The first-order valence-corrected chi connectivity index (χ1v) is 6.79. The molecule has 0 bridgehead atoms. The Kier molecular flexibility index (Phi) is 3.57. The molecular formula is C15H9Cl2FN2O. The van der Waals surface area contributed by atoms with Gasteiger partial charge in [0.15, 0.2) is 0 Å². The van der Waals surface area contributed by atoms with Crippen molar-refractivity contribution in [3.63, 3.8) is 0 Å². The van der Waals surface area contributed by atoms with Crippen molar-refractivity contribution in [3.05, 3.63) is 58.3 Å². The first-order chi connectivity index (χ1) is 10.1. The maximum absolute atomic E-state index is 14.0. The van der Waals surface area contributed by atoms with Crippen LogP contribution in [0.3, 0.4) is 0 Å². The lowest BCUT2D eigenvalue weighted by atomic mass is 10.0. The molecule has 0 aliphatic rings. The molecule has 2 aromatic carbocycles. The Balaban J connectivity index is 2.31. The summed E-state index contributed by atoms with van der Waals surface area (Å²) in [4.78, 5) is 0. The van der Waals surface area contributed by atoms with Gasteiger partial charge in [-0.2, -0.15) is 0 Å². The Morgan fingerprint density at radius 3 is 2.29 bits per heavy atom. The topological polar surface area (TPSA) is 52.0 Å². The SMILES string of the molecule is Nc1onc(-c2ccccc2F)c1-c1c(Cl)cccc1Cl. The normalized spacial score (nSPS) is 10.8. The fourth-order valence-corrected chi connectivity index (χ4v) is 2.70. The van der Waals surface area contributed by atoms with Gasteiger partial charge in [0.25, 0.3) is 0 Å². The van der Waals surface area contributed by atoms with Gasteiger partial charge in [0.2, 0.25) is 5.88 Å². The van der Waals surface area contributed by atoms with Crippen molar-refractivity contribution in [1.82, 2.24) is 5.16 Å². The van der Waals surface area contributed by atoms with E-state index < -0.39 is 5.82 Å². The number of nitrogens with two attached hydrogens (primary N) is 1. The summed E-state index contributed by atoms with van der Waals surface area (Å²) in [6.45, 7) is 0. The van der Waals surface area contributed by atoms with Crippen LogP contribution in [-0.2, 0) is 0 Å². The molecular weight excluding hydrogens is 314 g/mol. The molecule has 2 N–H and O–H groups in total. The van der Waals surface area contributed by atoms with Gasteiger partial charge in [-0.1, -0.05) is 46.6 Å². The van der Waals surface area contributed by atoms with Crippen molar-refractivity contribution in [2.45, 2.75) is 0 Å². The van der Waals surface area contributed by atoms with E-state index in [9.17, 15) is 4.39 Å². The number of hydrogen-bond donors (Lipinski definition) is 1. The Labute approximate surface area is 130 Å². The highest BCUT2D eigenvalue weighted by atomic mass is 35.5. The van der Waals surface area contributed by atoms with Crippen LogP contribution in [0.25, 0.3) is 22.4 Å². The predicted molar refractivity (Wildman–Crippen MR) is 81.8 cm³/mol. The zero-order valence-corrected chi connectivity index (χ0v) is 12.1. The Morgan fingerprint density at radius 2 is 1.62 bits per heavy atom. The number of halogens is 3. The standard InChI is InChI=1S/C15H9Cl2FN2O/c16-9-5-3-6-10(17)12(9)13-14(20-21-15(13)19)8-4-1-2-7-11(8)18/h1-7H,19H2. The van der Waals surface area contributed by atoms with E-state index in [1.165, 1.54) is 6.07 Å². The number of nitrogens with zero attached hydrogens (tertiary/aromatic N) is 1. The lowest BCUT2D eigenvalue weighted by Gasteiger charge is -2.07. The number of nitrogen functional groups attached to an aromatic ring is 1. The van der Waals surface area contributed by atoms with Crippen LogP contribution in [0.1, 0.15) is 0 Å². The molecule has 0 atom stereocenters. The first kappa shape index (κ1) is 13.9. The molecule has 3 nitrogen and oxygen atoms in total. The molecule has 106 valence electrons. The Bertz CT molecular complexity index is 797. The van der Waals surface area contributed by atoms with E-state index in [1.807, 2.05) is 0 Å². The average molecular weight is 323 g/mol. The molecule has 0 aliphatic heterocycles. The molecule has 3 aromatic rings. The largest absolute Gasteiger partial charge is 0.367 e. The van der Waals surface area contributed by atoms with Gasteiger partial charge in [0.05, 0.1) is 15.6 Å². The van der Waals surface area contributed by atoms with Crippen LogP contribution in [0, 0.1) is 5.82 Å². The summed E-state index contributed by atoms with van der Waals surface area (Å²) >= 11 is 12.4. The lowest BCUT2D eigenvalue weighted by molar-refractivity contribution is 0.439. The number of hydrogen-bond acceptors (Lipinski definition) is 3. The van der Waals surface area contributed by atoms with Crippen LogP contribution in [0.15, 0.2) is 47.0 Å². The first-order valence-electron chi connectivity index (χ1n) is 6.04. The van der Waals surface area contributed by atoms with Crippen molar-refractivity contribution in [3.8, 4) is 22.4 Å². The fourth-order valence-electron chi connectivity index (χ4n) is 2.12. The molecule has 6 heteroatoms. The molecule has 0 amide bonds. The van der Waals surface area contributed by atoms with Crippen LogP contribution in [-0.4, -0.2) is 5.16 Å². The predicted octanol–water partition coefficient (Wildman–Crippen LogP) is 5.04. The summed E-state index contributed by atoms with van der Waals surface area (Å²) in [6.07, 6.45) is 0. The van der Waals surface area contributed by atoms with Gasteiger partial charge in [-0.25, -0.2) is 4.39 Å². The molecule has 1 aromatic heterocycles. The third kappa shape index (κ3) is 2.37. The van der Waals surface area contributed by atoms with E-state index in [-0.39, 0.29) is 17.1 Å². The van der Waals surface area contributed by atoms with E-state index in [1.54, 1.807) is 36.4 Å². The van der Waals surface area contributed by atoms with Crippen LogP contribution in [0.5, 0.6) is 0 Å². The van der Waals surface area contributed by atoms with Crippen LogP contribution in [0.2, 0.25) is 10.0 Å². The van der Waals surface area contributed by atoms with Gasteiger partial charge < -0.3 is 10.3 Å². The lowest BCUT2D eigenvalue weighted by Crippen LogP contribution is -1.91.